The van der Waals surface area contributed by atoms with E-state index in [1.807, 2.05) is 11.5 Å². The molecule has 1 amide bonds. The molecule has 1 saturated carbocycles. The number of nitrogens with two attached hydrogens (primary N) is 1. The Morgan fingerprint density at radius 1 is 1.56 bits per heavy atom. The molecule has 18 heavy (non-hydrogen) atoms. The lowest BCUT2D eigenvalue weighted by Gasteiger charge is -2.08. The number of thioether (sulfide) groups is 1. The van der Waals surface area contributed by atoms with Crippen molar-refractivity contribution in [1.82, 2.24) is 14.8 Å². The first kappa shape index (κ1) is 13.1. The fourth-order valence-corrected chi connectivity index (χ4v) is 2.48. The van der Waals surface area contributed by atoms with Crippen molar-refractivity contribution in [3.63, 3.8) is 0 Å². The Hall–Kier alpha value is -1.30. The van der Waals surface area contributed by atoms with Gasteiger partial charge in [0.1, 0.15) is 5.82 Å². The van der Waals surface area contributed by atoms with Crippen LogP contribution in [-0.2, 0) is 11.3 Å². The van der Waals surface area contributed by atoms with Gasteiger partial charge in [-0.25, -0.2) is 0 Å². The van der Waals surface area contributed by atoms with E-state index in [0.717, 1.165) is 22.3 Å². The lowest BCUT2D eigenvalue weighted by atomic mass is 10.3. The Labute approximate surface area is 111 Å². The molecule has 1 fully saturated rings. The van der Waals surface area contributed by atoms with E-state index in [9.17, 15) is 4.79 Å². The largest absolute Gasteiger partial charge is 0.370 e. The van der Waals surface area contributed by atoms with Crippen LogP contribution in [0.4, 0.5) is 0 Å². The van der Waals surface area contributed by atoms with Crippen LogP contribution in [0.25, 0.3) is 0 Å². The molecule has 5 nitrogen and oxygen atoms in total. The number of amides is 1. The minimum Gasteiger partial charge on any atom is -0.370 e. The number of aromatic nitrogens is 3. The van der Waals surface area contributed by atoms with E-state index in [4.69, 9.17) is 5.73 Å². The van der Waals surface area contributed by atoms with Gasteiger partial charge in [0.2, 0.25) is 5.91 Å². The van der Waals surface area contributed by atoms with E-state index in [-0.39, 0.29) is 5.91 Å². The van der Waals surface area contributed by atoms with E-state index in [0.29, 0.717) is 18.9 Å². The summed E-state index contributed by atoms with van der Waals surface area (Å²) >= 11 is 1.61. The first-order chi connectivity index (χ1) is 8.58. The highest BCUT2D eigenvalue weighted by Crippen LogP contribution is 2.40. The number of hydrogen-bond donors (Lipinski definition) is 1. The van der Waals surface area contributed by atoms with Crippen molar-refractivity contribution in [2.45, 2.75) is 43.8 Å². The van der Waals surface area contributed by atoms with Crippen LogP contribution in [0.2, 0.25) is 0 Å². The molecule has 1 aromatic rings. The average molecular weight is 266 g/mol. The second-order valence-electron chi connectivity index (χ2n) is 4.73. The van der Waals surface area contributed by atoms with Gasteiger partial charge in [-0.1, -0.05) is 23.9 Å². The molecular formula is C12H18N4OS. The summed E-state index contributed by atoms with van der Waals surface area (Å²) in [5, 5.41) is 9.32. The zero-order chi connectivity index (χ0) is 13.1. The van der Waals surface area contributed by atoms with Gasteiger partial charge in [-0.2, -0.15) is 0 Å². The molecule has 1 heterocycles. The summed E-state index contributed by atoms with van der Waals surface area (Å²) in [7, 11) is 0. The third-order valence-corrected chi connectivity index (χ3v) is 3.91. The molecule has 0 saturated heterocycles. The second kappa shape index (κ2) is 5.56. The van der Waals surface area contributed by atoms with Crippen molar-refractivity contribution in [3.05, 3.63) is 18.0 Å². The van der Waals surface area contributed by atoms with E-state index in [1.54, 1.807) is 11.8 Å². The Bertz CT molecular complexity index is 465. The zero-order valence-corrected chi connectivity index (χ0v) is 11.4. The summed E-state index contributed by atoms with van der Waals surface area (Å²) in [5.41, 5.74) is 6.30. The van der Waals surface area contributed by atoms with Crippen molar-refractivity contribution in [2.75, 3.05) is 5.75 Å². The monoisotopic (exact) mass is 266 g/mol. The van der Waals surface area contributed by atoms with Crippen molar-refractivity contribution in [1.29, 1.82) is 0 Å². The van der Waals surface area contributed by atoms with Crippen LogP contribution in [0, 0.1) is 0 Å². The van der Waals surface area contributed by atoms with E-state index >= 15 is 0 Å². The number of carbonyl (C=O) groups excluding carboxylic acids is 1. The number of hydrogen-bond acceptors (Lipinski definition) is 4. The van der Waals surface area contributed by atoms with Crippen molar-refractivity contribution in [2.24, 2.45) is 5.73 Å². The van der Waals surface area contributed by atoms with Gasteiger partial charge in [0, 0.05) is 24.6 Å². The SMILES string of the molecule is C=C(C)CSc1nnc(C2CC2)n1CCC(N)=O. The molecule has 0 aliphatic heterocycles. The molecule has 0 spiro atoms. The fourth-order valence-electron chi connectivity index (χ4n) is 1.67. The Morgan fingerprint density at radius 2 is 2.28 bits per heavy atom. The molecule has 6 heteroatoms. The molecule has 2 rings (SSSR count). The second-order valence-corrected chi connectivity index (χ2v) is 5.67. The van der Waals surface area contributed by atoms with Crippen molar-refractivity contribution >= 4 is 17.7 Å². The summed E-state index contributed by atoms with van der Waals surface area (Å²) < 4.78 is 2.04. The van der Waals surface area contributed by atoms with Gasteiger partial charge in [0.15, 0.2) is 5.16 Å². The predicted octanol–water partition coefficient (Wildman–Crippen LogP) is 1.70. The first-order valence-corrected chi connectivity index (χ1v) is 7.05. The molecule has 0 atom stereocenters. The summed E-state index contributed by atoms with van der Waals surface area (Å²) in [6, 6.07) is 0. The molecule has 0 bridgehead atoms. The highest BCUT2D eigenvalue weighted by atomic mass is 32.2. The van der Waals surface area contributed by atoms with Gasteiger partial charge >= 0.3 is 0 Å². The molecule has 98 valence electrons. The zero-order valence-electron chi connectivity index (χ0n) is 10.6. The number of primary amides is 1. The average Bonchev–Trinajstić information content (AvgIpc) is 3.05. The normalized spacial score (nSPS) is 14.7. The van der Waals surface area contributed by atoms with Crippen LogP contribution in [-0.4, -0.2) is 26.4 Å². The van der Waals surface area contributed by atoms with E-state index in [2.05, 4.69) is 16.8 Å². The minimum atomic E-state index is -0.290. The Balaban J connectivity index is 2.11. The summed E-state index contributed by atoms with van der Waals surface area (Å²) in [4.78, 5) is 10.9. The van der Waals surface area contributed by atoms with Gasteiger partial charge in [0.25, 0.3) is 0 Å². The maximum atomic E-state index is 10.9. The van der Waals surface area contributed by atoms with E-state index < -0.39 is 0 Å². The number of nitrogens with zero attached hydrogens (tertiary/aromatic N) is 3. The predicted molar refractivity (Wildman–Crippen MR) is 71.3 cm³/mol. The smallest absolute Gasteiger partial charge is 0.219 e. The van der Waals surface area contributed by atoms with Gasteiger partial charge in [0.05, 0.1) is 0 Å². The summed E-state index contributed by atoms with van der Waals surface area (Å²) in [5.74, 6) is 2.05. The highest BCUT2D eigenvalue weighted by molar-refractivity contribution is 7.99. The molecule has 1 aromatic heterocycles. The standard InChI is InChI=1S/C12H18N4OS/c1-8(2)7-18-12-15-14-11(9-3-4-9)16(12)6-5-10(13)17/h9H,1,3-7H2,2H3,(H2,13,17). The third-order valence-electron chi connectivity index (χ3n) is 2.72. The molecule has 0 aromatic carbocycles. The first-order valence-electron chi connectivity index (χ1n) is 6.06. The molecule has 1 aliphatic carbocycles. The summed E-state index contributed by atoms with van der Waals surface area (Å²) in [6.07, 6.45) is 2.66. The van der Waals surface area contributed by atoms with Crippen LogP contribution in [0.5, 0.6) is 0 Å². The van der Waals surface area contributed by atoms with Gasteiger partial charge in [-0.05, 0) is 19.8 Å². The van der Waals surface area contributed by atoms with Crippen LogP contribution in [0.3, 0.4) is 0 Å². The fraction of sp³-hybridized carbons (Fsp3) is 0.583. The Morgan fingerprint density at radius 3 is 2.83 bits per heavy atom. The lowest BCUT2D eigenvalue weighted by Crippen LogP contribution is -2.15. The number of rotatable bonds is 7. The van der Waals surface area contributed by atoms with Crippen molar-refractivity contribution in [3.8, 4) is 0 Å². The minimum absolute atomic E-state index is 0.290. The highest BCUT2D eigenvalue weighted by Gasteiger charge is 2.30. The maximum absolute atomic E-state index is 10.9. The summed E-state index contributed by atoms with van der Waals surface area (Å²) in [6.45, 7) is 6.44. The lowest BCUT2D eigenvalue weighted by molar-refractivity contribution is -0.118. The van der Waals surface area contributed by atoms with Crippen LogP contribution in [0.1, 0.15) is 37.9 Å². The van der Waals surface area contributed by atoms with Crippen LogP contribution in [0.15, 0.2) is 17.3 Å². The molecule has 0 radical (unpaired) electrons. The molecule has 1 aliphatic rings. The quantitative estimate of drug-likeness (QED) is 0.602. The Kier molecular flexibility index (Phi) is 4.06. The topological polar surface area (TPSA) is 73.8 Å². The molecular weight excluding hydrogens is 248 g/mol. The van der Waals surface area contributed by atoms with Gasteiger partial charge < -0.3 is 10.3 Å². The van der Waals surface area contributed by atoms with Crippen LogP contribution >= 0.6 is 11.8 Å². The number of carbonyl (C=O) groups is 1. The van der Waals surface area contributed by atoms with Crippen LogP contribution < -0.4 is 5.73 Å². The maximum Gasteiger partial charge on any atom is 0.219 e. The van der Waals surface area contributed by atoms with Gasteiger partial charge in [-0.15, -0.1) is 10.2 Å². The third kappa shape index (κ3) is 3.35. The van der Waals surface area contributed by atoms with E-state index in [1.165, 1.54) is 12.8 Å². The van der Waals surface area contributed by atoms with Crippen molar-refractivity contribution < 1.29 is 4.79 Å². The molecule has 0 unspecified atom stereocenters. The molecule has 2 N–H and O–H groups in total. The van der Waals surface area contributed by atoms with Gasteiger partial charge in [-0.3, -0.25) is 4.79 Å².